The van der Waals surface area contributed by atoms with Gasteiger partial charge in [0.25, 0.3) is 0 Å². The van der Waals surface area contributed by atoms with Crippen molar-refractivity contribution in [1.29, 1.82) is 0 Å². The molecule has 2 aromatic rings. The molecule has 0 aliphatic heterocycles. The number of nitrogens with zero attached hydrogens (tertiary/aromatic N) is 4. The molecule has 1 N–H and O–H groups in total. The Morgan fingerprint density at radius 2 is 2.09 bits per heavy atom. The summed E-state index contributed by atoms with van der Waals surface area (Å²) in [5.74, 6) is -0.330. The van der Waals surface area contributed by atoms with E-state index in [0.29, 0.717) is 13.1 Å². The third kappa shape index (κ3) is 5.02. The van der Waals surface area contributed by atoms with Gasteiger partial charge in [-0.25, -0.2) is 0 Å². The number of benzene rings is 1. The quantitative estimate of drug-likeness (QED) is 0.618. The fourth-order valence-corrected chi connectivity index (χ4v) is 2.72. The summed E-state index contributed by atoms with van der Waals surface area (Å²) in [7, 11) is 1.90. The number of rotatable bonds is 7. The van der Waals surface area contributed by atoms with Crippen LogP contribution in [0.5, 0.6) is 0 Å². The average Bonchev–Trinajstić information content (AvgIpc) is 2.80. The van der Waals surface area contributed by atoms with Crippen LogP contribution in [0.1, 0.15) is 12.5 Å². The van der Waals surface area contributed by atoms with Crippen LogP contribution in [0.15, 0.2) is 36.5 Å². The molecule has 0 fully saturated rings. The van der Waals surface area contributed by atoms with Crippen LogP contribution in [0.2, 0.25) is 5.28 Å². The van der Waals surface area contributed by atoms with E-state index < -0.39 is 10.5 Å². The van der Waals surface area contributed by atoms with Gasteiger partial charge in [0.05, 0.1) is 12.1 Å². The maximum absolute atomic E-state index is 10.7. The summed E-state index contributed by atoms with van der Waals surface area (Å²) in [6.07, 6.45) is 1.23. The monoisotopic (exact) mass is 338 g/mol. The van der Waals surface area contributed by atoms with Crippen LogP contribution in [-0.4, -0.2) is 43.7 Å². The van der Waals surface area contributed by atoms with E-state index in [1.54, 1.807) is 6.92 Å². The van der Waals surface area contributed by atoms with E-state index in [0.717, 1.165) is 5.56 Å². The van der Waals surface area contributed by atoms with E-state index in [4.69, 9.17) is 11.6 Å². The summed E-state index contributed by atoms with van der Waals surface area (Å²) in [5, 5.41) is 21.3. The predicted molar refractivity (Wildman–Crippen MR) is 87.3 cm³/mol. The Balaban J connectivity index is 1.99. The molecule has 0 radical (unpaired) electrons. The highest BCUT2D eigenvalue weighted by Crippen LogP contribution is 2.19. The van der Waals surface area contributed by atoms with Crippen molar-refractivity contribution in [2.75, 3.05) is 13.6 Å². The largest absolute Gasteiger partial charge is 0.387 e. The van der Waals surface area contributed by atoms with Gasteiger partial charge in [0.1, 0.15) is 6.20 Å². The molecular formula is C15H19ClN4O3. The molecule has 2 rings (SSSR count). The lowest BCUT2D eigenvalue weighted by Gasteiger charge is -2.29. The van der Waals surface area contributed by atoms with Crippen molar-refractivity contribution in [3.8, 4) is 0 Å². The molecule has 8 heteroatoms. The summed E-state index contributed by atoms with van der Waals surface area (Å²) in [5.41, 5.74) is 0.0314. The van der Waals surface area contributed by atoms with E-state index in [9.17, 15) is 15.2 Å². The molecule has 7 nitrogen and oxygen atoms in total. The molecule has 23 heavy (non-hydrogen) atoms. The van der Waals surface area contributed by atoms with Crippen LogP contribution in [0, 0.1) is 10.1 Å². The highest BCUT2D eigenvalue weighted by Gasteiger charge is 2.27. The van der Waals surface area contributed by atoms with Crippen molar-refractivity contribution in [3.63, 3.8) is 0 Å². The third-order valence-electron chi connectivity index (χ3n) is 3.32. The summed E-state index contributed by atoms with van der Waals surface area (Å²) in [6, 6.07) is 9.91. The molecule has 1 unspecified atom stereocenters. The third-order valence-corrected chi connectivity index (χ3v) is 3.62. The number of aliphatic hydroxyl groups is 1. The van der Waals surface area contributed by atoms with Crippen LogP contribution in [0.4, 0.5) is 5.82 Å². The van der Waals surface area contributed by atoms with E-state index in [2.05, 4.69) is 4.98 Å². The van der Waals surface area contributed by atoms with Gasteiger partial charge in [-0.3, -0.25) is 9.47 Å². The van der Waals surface area contributed by atoms with Crippen molar-refractivity contribution in [2.24, 2.45) is 0 Å². The van der Waals surface area contributed by atoms with Crippen LogP contribution >= 0.6 is 11.6 Å². The van der Waals surface area contributed by atoms with E-state index in [-0.39, 0.29) is 17.6 Å². The maximum atomic E-state index is 10.7. The van der Waals surface area contributed by atoms with Crippen molar-refractivity contribution in [1.82, 2.24) is 14.5 Å². The molecule has 0 spiro atoms. The van der Waals surface area contributed by atoms with Gasteiger partial charge in [0, 0.05) is 13.1 Å². The minimum atomic E-state index is -1.11. The van der Waals surface area contributed by atoms with Gasteiger partial charge >= 0.3 is 11.1 Å². The SMILES string of the molecule is CN(Cc1ccccc1)CC(C)(O)Cn1cc([N+](=O)[O-])nc1Cl. The summed E-state index contributed by atoms with van der Waals surface area (Å²) in [6.45, 7) is 2.85. The van der Waals surface area contributed by atoms with Crippen LogP contribution in [0.3, 0.4) is 0 Å². The topological polar surface area (TPSA) is 84.4 Å². The van der Waals surface area contributed by atoms with Crippen molar-refractivity contribution < 1.29 is 10.0 Å². The molecule has 0 aliphatic rings. The molecule has 1 atom stereocenters. The minimum Gasteiger partial charge on any atom is -0.387 e. The summed E-state index contributed by atoms with van der Waals surface area (Å²) >= 11 is 5.88. The number of halogens is 1. The van der Waals surface area contributed by atoms with Crippen molar-refractivity contribution >= 4 is 17.4 Å². The lowest BCUT2D eigenvalue weighted by atomic mass is 10.1. The number of aromatic nitrogens is 2. The van der Waals surface area contributed by atoms with Crippen LogP contribution < -0.4 is 0 Å². The van der Waals surface area contributed by atoms with Gasteiger partial charge in [-0.1, -0.05) is 30.3 Å². The van der Waals surface area contributed by atoms with Crippen molar-refractivity contribution in [3.05, 3.63) is 57.5 Å². The van der Waals surface area contributed by atoms with Crippen LogP contribution in [-0.2, 0) is 13.1 Å². The van der Waals surface area contributed by atoms with E-state index in [1.807, 2.05) is 42.3 Å². The Kier molecular flexibility index (Phi) is 5.35. The van der Waals surface area contributed by atoms with Gasteiger partial charge in [-0.05, 0) is 41.0 Å². The van der Waals surface area contributed by atoms with Gasteiger partial charge in [0.2, 0.25) is 0 Å². The second-order valence-electron chi connectivity index (χ2n) is 5.91. The standard InChI is InChI=1S/C15H19ClN4O3/c1-15(21,10-18(2)8-12-6-4-3-5-7-12)11-19-9-13(20(22)23)17-14(19)16/h3-7,9,21H,8,10-11H2,1-2H3. The van der Waals surface area contributed by atoms with Gasteiger partial charge < -0.3 is 15.2 Å². The Morgan fingerprint density at radius 3 is 2.65 bits per heavy atom. The number of hydrogen-bond donors (Lipinski definition) is 1. The first-order valence-corrected chi connectivity index (χ1v) is 7.46. The normalized spacial score (nSPS) is 14.0. The fraction of sp³-hybridized carbons (Fsp3) is 0.400. The first-order chi connectivity index (χ1) is 10.8. The van der Waals surface area contributed by atoms with Gasteiger partial charge in [-0.2, -0.15) is 0 Å². The Hall–Kier alpha value is -1.96. The smallest absolute Gasteiger partial charge is 0.383 e. The van der Waals surface area contributed by atoms with Gasteiger partial charge in [-0.15, -0.1) is 0 Å². The highest BCUT2D eigenvalue weighted by atomic mass is 35.5. The van der Waals surface area contributed by atoms with Gasteiger partial charge in [0.15, 0.2) is 0 Å². The predicted octanol–water partition coefficient (Wildman–Crippen LogP) is 2.33. The molecular weight excluding hydrogens is 320 g/mol. The molecule has 0 bridgehead atoms. The van der Waals surface area contributed by atoms with E-state index in [1.165, 1.54) is 10.8 Å². The first kappa shape index (κ1) is 17.4. The van der Waals surface area contributed by atoms with E-state index >= 15 is 0 Å². The second kappa shape index (κ2) is 7.08. The minimum absolute atomic E-state index is 0.0114. The number of likely N-dealkylation sites (N-methyl/N-ethyl adjacent to an activating group) is 1. The molecule has 0 saturated heterocycles. The fourth-order valence-electron chi connectivity index (χ4n) is 2.53. The van der Waals surface area contributed by atoms with Crippen molar-refractivity contribution in [2.45, 2.75) is 25.6 Å². The lowest BCUT2D eigenvalue weighted by molar-refractivity contribution is -0.389. The Morgan fingerprint density at radius 1 is 1.43 bits per heavy atom. The molecule has 0 aliphatic carbocycles. The average molecular weight is 339 g/mol. The zero-order valence-electron chi connectivity index (χ0n) is 13.0. The summed E-state index contributed by atoms with van der Waals surface area (Å²) < 4.78 is 1.38. The number of hydrogen-bond acceptors (Lipinski definition) is 5. The molecule has 124 valence electrons. The number of nitro groups is 1. The molecule has 0 saturated carbocycles. The molecule has 1 aromatic carbocycles. The Labute approximate surface area is 139 Å². The lowest BCUT2D eigenvalue weighted by Crippen LogP contribution is -2.42. The van der Waals surface area contributed by atoms with Crippen LogP contribution in [0.25, 0.3) is 0 Å². The molecule has 0 amide bonds. The summed E-state index contributed by atoms with van der Waals surface area (Å²) in [4.78, 5) is 15.7. The molecule has 1 heterocycles. The highest BCUT2D eigenvalue weighted by molar-refractivity contribution is 6.28. The number of imidazole rings is 1. The molecule has 1 aromatic heterocycles. The first-order valence-electron chi connectivity index (χ1n) is 7.09. The Bertz CT molecular complexity index is 673. The zero-order valence-corrected chi connectivity index (χ0v) is 13.8. The second-order valence-corrected chi connectivity index (χ2v) is 6.25. The maximum Gasteiger partial charge on any atom is 0.383 e. The zero-order chi connectivity index (χ0) is 17.0.